The molecular formula is C13H17Cl3. The molecule has 0 fully saturated rings. The van der Waals surface area contributed by atoms with Gasteiger partial charge in [-0.3, -0.25) is 0 Å². The fourth-order valence-electron chi connectivity index (χ4n) is 2.01. The highest BCUT2D eigenvalue weighted by atomic mass is 35.5. The smallest absolute Gasteiger partial charge is 0.0453 e. The average Bonchev–Trinajstić information content (AvgIpc) is 2.09. The van der Waals surface area contributed by atoms with Gasteiger partial charge in [0, 0.05) is 15.4 Å². The minimum Gasteiger partial charge on any atom is -0.123 e. The summed E-state index contributed by atoms with van der Waals surface area (Å²) in [5.74, 6) is 0. The molecule has 0 aliphatic carbocycles. The van der Waals surface area contributed by atoms with Crippen molar-refractivity contribution in [2.45, 2.75) is 39.0 Å². The quantitative estimate of drug-likeness (QED) is 0.631. The van der Waals surface area contributed by atoms with Gasteiger partial charge in [-0.25, -0.2) is 0 Å². The maximum atomic E-state index is 6.15. The van der Waals surface area contributed by atoms with Crippen LogP contribution in [-0.4, -0.2) is 5.38 Å². The minimum atomic E-state index is 0.107. The molecule has 0 aliphatic rings. The zero-order valence-corrected chi connectivity index (χ0v) is 12.1. The number of benzene rings is 1. The lowest BCUT2D eigenvalue weighted by Gasteiger charge is -2.27. The number of rotatable bonds is 4. The predicted molar refractivity (Wildman–Crippen MR) is 73.9 cm³/mol. The van der Waals surface area contributed by atoms with Gasteiger partial charge in [-0.05, 0) is 42.9 Å². The molecule has 0 spiro atoms. The van der Waals surface area contributed by atoms with E-state index in [1.54, 1.807) is 0 Å². The standard InChI is InChI=1S/C13H17Cl3/c1-9(14)7-13(2,3)8-10-11(15)5-4-6-12(10)16/h4-6,9H,7-8H2,1-3H3. The van der Waals surface area contributed by atoms with Crippen molar-refractivity contribution in [3.8, 4) is 0 Å². The predicted octanol–water partition coefficient (Wildman–Crippen LogP) is 5.58. The van der Waals surface area contributed by atoms with Crippen molar-refractivity contribution in [1.29, 1.82) is 0 Å². The molecule has 3 heteroatoms. The molecule has 0 bridgehead atoms. The Morgan fingerprint density at radius 1 is 1.19 bits per heavy atom. The lowest BCUT2D eigenvalue weighted by atomic mass is 9.81. The van der Waals surface area contributed by atoms with Crippen LogP contribution in [0.1, 0.15) is 32.8 Å². The highest BCUT2D eigenvalue weighted by molar-refractivity contribution is 6.36. The molecule has 90 valence electrons. The molecule has 0 radical (unpaired) electrons. The van der Waals surface area contributed by atoms with Crippen molar-refractivity contribution in [3.05, 3.63) is 33.8 Å². The first kappa shape index (κ1) is 14.2. The minimum absolute atomic E-state index is 0.107. The second-order valence-corrected chi connectivity index (χ2v) is 6.59. The van der Waals surface area contributed by atoms with Crippen molar-refractivity contribution in [2.75, 3.05) is 0 Å². The molecule has 0 aromatic heterocycles. The van der Waals surface area contributed by atoms with Crippen LogP contribution in [0.5, 0.6) is 0 Å². The Hall–Kier alpha value is 0.0900. The van der Waals surface area contributed by atoms with Crippen LogP contribution in [0.4, 0.5) is 0 Å². The summed E-state index contributed by atoms with van der Waals surface area (Å²) < 4.78 is 0. The lowest BCUT2D eigenvalue weighted by molar-refractivity contribution is 0.332. The van der Waals surface area contributed by atoms with Gasteiger partial charge in [0.1, 0.15) is 0 Å². The Bertz CT molecular complexity index is 336. The maximum Gasteiger partial charge on any atom is 0.0453 e. The fourth-order valence-corrected chi connectivity index (χ4v) is 2.96. The van der Waals surface area contributed by atoms with Gasteiger partial charge in [-0.2, -0.15) is 0 Å². The highest BCUT2D eigenvalue weighted by Gasteiger charge is 2.23. The van der Waals surface area contributed by atoms with Crippen LogP contribution < -0.4 is 0 Å². The van der Waals surface area contributed by atoms with Crippen LogP contribution in [0.2, 0.25) is 10.0 Å². The molecule has 1 rings (SSSR count). The van der Waals surface area contributed by atoms with Gasteiger partial charge in [0.2, 0.25) is 0 Å². The number of halogens is 3. The molecule has 1 aromatic rings. The van der Waals surface area contributed by atoms with E-state index >= 15 is 0 Å². The Balaban J connectivity index is 2.87. The van der Waals surface area contributed by atoms with E-state index < -0.39 is 0 Å². The fraction of sp³-hybridized carbons (Fsp3) is 0.538. The van der Waals surface area contributed by atoms with Crippen LogP contribution >= 0.6 is 34.8 Å². The van der Waals surface area contributed by atoms with E-state index in [0.717, 1.165) is 28.5 Å². The first-order valence-electron chi connectivity index (χ1n) is 5.39. The van der Waals surface area contributed by atoms with Gasteiger partial charge in [-0.15, -0.1) is 11.6 Å². The topological polar surface area (TPSA) is 0 Å². The number of hydrogen-bond acceptors (Lipinski definition) is 0. The Morgan fingerprint density at radius 3 is 2.12 bits per heavy atom. The van der Waals surface area contributed by atoms with E-state index in [0.29, 0.717) is 0 Å². The molecule has 0 saturated heterocycles. The maximum absolute atomic E-state index is 6.15. The van der Waals surface area contributed by atoms with E-state index in [4.69, 9.17) is 34.8 Å². The molecule has 0 nitrogen and oxygen atoms in total. The molecule has 0 heterocycles. The van der Waals surface area contributed by atoms with E-state index in [2.05, 4.69) is 13.8 Å². The third-order valence-electron chi connectivity index (χ3n) is 2.55. The summed E-state index contributed by atoms with van der Waals surface area (Å²) in [7, 11) is 0. The largest absolute Gasteiger partial charge is 0.123 e. The Morgan fingerprint density at radius 2 is 1.69 bits per heavy atom. The molecule has 0 aliphatic heterocycles. The zero-order chi connectivity index (χ0) is 12.3. The SMILES string of the molecule is CC(Cl)CC(C)(C)Cc1c(Cl)cccc1Cl. The summed E-state index contributed by atoms with van der Waals surface area (Å²) in [5, 5.41) is 1.64. The lowest BCUT2D eigenvalue weighted by Crippen LogP contribution is -2.19. The van der Waals surface area contributed by atoms with Gasteiger partial charge in [0.05, 0.1) is 0 Å². The third-order valence-corrected chi connectivity index (χ3v) is 3.41. The second-order valence-electron chi connectivity index (χ2n) is 5.03. The van der Waals surface area contributed by atoms with Crippen LogP contribution in [0.3, 0.4) is 0 Å². The van der Waals surface area contributed by atoms with Crippen molar-refractivity contribution in [2.24, 2.45) is 5.41 Å². The molecule has 1 aromatic carbocycles. The van der Waals surface area contributed by atoms with Gasteiger partial charge >= 0.3 is 0 Å². The van der Waals surface area contributed by atoms with Crippen LogP contribution in [0.25, 0.3) is 0 Å². The van der Waals surface area contributed by atoms with Gasteiger partial charge in [-0.1, -0.05) is 43.1 Å². The number of hydrogen-bond donors (Lipinski definition) is 0. The summed E-state index contributed by atoms with van der Waals surface area (Å²) in [6.07, 6.45) is 1.79. The van der Waals surface area contributed by atoms with Gasteiger partial charge in [0.25, 0.3) is 0 Å². The molecule has 0 amide bonds. The van der Waals surface area contributed by atoms with Gasteiger partial charge < -0.3 is 0 Å². The van der Waals surface area contributed by atoms with E-state index in [1.807, 2.05) is 25.1 Å². The van der Waals surface area contributed by atoms with Gasteiger partial charge in [0.15, 0.2) is 0 Å². The Labute approximate surface area is 113 Å². The Kier molecular flexibility index (Phi) is 4.97. The van der Waals surface area contributed by atoms with Crippen molar-refractivity contribution >= 4 is 34.8 Å². The van der Waals surface area contributed by atoms with Crippen LogP contribution in [0, 0.1) is 5.41 Å². The summed E-state index contributed by atoms with van der Waals surface area (Å²) >= 11 is 18.4. The third kappa shape index (κ3) is 4.16. The molecular weight excluding hydrogens is 263 g/mol. The van der Waals surface area contributed by atoms with E-state index in [1.165, 1.54) is 0 Å². The summed E-state index contributed by atoms with van der Waals surface area (Å²) in [4.78, 5) is 0. The molecule has 0 saturated carbocycles. The first-order valence-corrected chi connectivity index (χ1v) is 6.58. The van der Waals surface area contributed by atoms with Crippen LogP contribution in [0.15, 0.2) is 18.2 Å². The molecule has 1 unspecified atom stereocenters. The van der Waals surface area contributed by atoms with Crippen molar-refractivity contribution in [1.82, 2.24) is 0 Å². The highest BCUT2D eigenvalue weighted by Crippen LogP contribution is 2.34. The normalized spacial score (nSPS) is 13.9. The van der Waals surface area contributed by atoms with Crippen molar-refractivity contribution in [3.63, 3.8) is 0 Å². The summed E-state index contributed by atoms with van der Waals surface area (Å²) in [5.41, 5.74) is 1.13. The van der Waals surface area contributed by atoms with Crippen molar-refractivity contribution < 1.29 is 0 Å². The second kappa shape index (κ2) is 5.62. The number of alkyl halides is 1. The molecule has 0 N–H and O–H groups in total. The summed E-state index contributed by atoms with van der Waals surface area (Å²) in [6, 6.07) is 5.62. The average molecular weight is 280 g/mol. The van der Waals surface area contributed by atoms with E-state index in [-0.39, 0.29) is 10.8 Å². The van der Waals surface area contributed by atoms with E-state index in [9.17, 15) is 0 Å². The first-order chi connectivity index (χ1) is 7.32. The molecule has 1 atom stereocenters. The monoisotopic (exact) mass is 278 g/mol. The summed E-state index contributed by atoms with van der Waals surface area (Å²) in [6.45, 7) is 6.38. The van der Waals surface area contributed by atoms with Crippen LogP contribution in [-0.2, 0) is 6.42 Å². The molecule has 16 heavy (non-hydrogen) atoms. The zero-order valence-electron chi connectivity index (χ0n) is 9.86.